The van der Waals surface area contributed by atoms with Crippen molar-refractivity contribution in [3.05, 3.63) is 117 Å². The molecule has 3 aliphatic heterocycles. The van der Waals surface area contributed by atoms with E-state index in [0.717, 1.165) is 68.1 Å². The van der Waals surface area contributed by atoms with Crippen LogP contribution in [0.5, 0.6) is 0 Å². The standard InChI is InChI=1S/C26H21N5.C10H14O3S/c1-31-10-8-17(9-11-31)25-15-24-14-22-5-4-20(28-22)12-18-2-3-19(27-18)13-21-6-7-23(29-21)16-26(25)30-24;1-6-5-10(14(11,12)13)9(4)8(3)7(6)2/h2-10,12-16,27,30H,11H2,1H3;5H,1-4H3,(H,11,12,13). The molecule has 3 aliphatic rings. The number of fused-ring (bicyclic) bond motifs is 8. The molecule has 4 aromatic rings. The van der Waals surface area contributed by atoms with Gasteiger partial charge in [0.1, 0.15) is 0 Å². The Kier molecular flexibility index (Phi) is 7.90. The Morgan fingerprint density at radius 2 is 1.29 bits per heavy atom. The lowest BCUT2D eigenvalue weighted by Gasteiger charge is -2.16. The molecule has 0 aliphatic carbocycles. The highest BCUT2D eigenvalue weighted by Gasteiger charge is 2.16. The van der Waals surface area contributed by atoms with Crippen molar-refractivity contribution in [3.63, 3.8) is 0 Å². The van der Waals surface area contributed by atoms with Gasteiger partial charge in [-0.25, -0.2) is 9.97 Å². The van der Waals surface area contributed by atoms with Gasteiger partial charge >= 0.3 is 0 Å². The number of aromatic nitrogens is 4. The van der Waals surface area contributed by atoms with Gasteiger partial charge in [-0.2, -0.15) is 8.42 Å². The van der Waals surface area contributed by atoms with Crippen LogP contribution in [0.3, 0.4) is 0 Å². The van der Waals surface area contributed by atoms with Crippen LogP contribution in [-0.2, 0) is 10.1 Å². The van der Waals surface area contributed by atoms with E-state index in [0.29, 0.717) is 5.56 Å². The number of H-pyrrole nitrogens is 2. The molecule has 6 heterocycles. The predicted octanol–water partition coefficient (Wildman–Crippen LogP) is 7.67. The Bertz CT molecular complexity index is 2230. The van der Waals surface area contributed by atoms with E-state index in [1.54, 1.807) is 6.92 Å². The highest BCUT2D eigenvalue weighted by molar-refractivity contribution is 7.85. The van der Waals surface area contributed by atoms with Gasteiger partial charge in [-0.3, -0.25) is 4.55 Å². The quantitative estimate of drug-likeness (QED) is 0.172. The maximum atomic E-state index is 11.0. The molecule has 7 rings (SSSR count). The van der Waals surface area contributed by atoms with Gasteiger partial charge in [0.15, 0.2) is 0 Å². The minimum absolute atomic E-state index is 0.0121. The molecule has 0 saturated carbocycles. The second kappa shape index (κ2) is 11.8. The zero-order valence-corrected chi connectivity index (χ0v) is 26.7. The molecule has 0 unspecified atom stereocenters. The Balaban J connectivity index is 0.000000216. The van der Waals surface area contributed by atoms with Crippen molar-refractivity contribution >= 4 is 62.1 Å². The van der Waals surface area contributed by atoms with Crippen LogP contribution in [0.15, 0.2) is 71.8 Å². The zero-order valence-electron chi connectivity index (χ0n) is 25.9. The van der Waals surface area contributed by atoms with Gasteiger partial charge in [0.05, 0.1) is 27.7 Å². The molecule has 1 aromatic carbocycles. The fourth-order valence-corrected chi connectivity index (χ4v) is 6.34. The van der Waals surface area contributed by atoms with Gasteiger partial charge in [-0.15, -0.1) is 0 Å². The third kappa shape index (κ3) is 6.60. The van der Waals surface area contributed by atoms with Gasteiger partial charge in [-0.05, 0) is 141 Å². The van der Waals surface area contributed by atoms with Crippen LogP contribution in [-0.4, -0.2) is 51.4 Å². The molecule has 0 atom stereocenters. The second-order valence-electron chi connectivity index (χ2n) is 11.5. The van der Waals surface area contributed by atoms with E-state index in [1.807, 2.05) is 39.0 Å². The first-order valence-electron chi connectivity index (χ1n) is 14.7. The predicted molar refractivity (Wildman–Crippen MR) is 184 cm³/mol. The SMILES string of the molecule is CN1C=CC(c2cc3cc4nc(cc5ccc(cc6nc(cc2[nH]3)C=C6)[nH]5)C=C4)=CC1.Cc1cc(S(=O)(=O)O)c(C)c(C)c1C. The zero-order chi connectivity index (χ0) is 31.9. The molecule has 0 amide bonds. The lowest BCUT2D eigenvalue weighted by molar-refractivity contribution is 0.482. The average molecular weight is 618 g/mol. The van der Waals surface area contributed by atoms with E-state index >= 15 is 0 Å². The topological polar surface area (TPSA) is 115 Å². The molecule has 228 valence electrons. The van der Waals surface area contributed by atoms with E-state index in [-0.39, 0.29) is 4.90 Å². The normalized spacial score (nSPS) is 13.9. The first kappa shape index (κ1) is 30.1. The number of allylic oxidation sites excluding steroid dienone is 2. The van der Waals surface area contributed by atoms with Crippen molar-refractivity contribution in [1.82, 2.24) is 24.8 Å². The Hall–Kier alpha value is -4.99. The van der Waals surface area contributed by atoms with E-state index < -0.39 is 10.1 Å². The fourth-order valence-electron chi connectivity index (χ4n) is 5.48. The molecule has 0 spiro atoms. The molecule has 3 aromatic heterocycles. The van der Waals surface area contributed by atoms with Gasteiger partial charge < -0.3 is 14.9 Å². The van der Waals surface area contributed by atoms with Crippen LogP contribution >= 0.6 is 0 Å². The summed E-state index contributed by atoms with van der Waals surface area (Å²) in [6, 6.07) is 16.1. The minimum Gasteiger partial charge on any atom is -0.377 e. The third-order valence-electron chi connectivity index (χ3n) is 8.30. The fraction of sp³-hybridized carbons (Fsp3) is 0.167. The monoisotopic (exact) mass is 617 g/mol. The number of aryl methyl sites for hydroxylation is 1. The number of rotatable bonds is 2. The van der Waals surface area contributed by atoms with Gasteiger partial charge in [0.2, 0.25) is 0 Å². The van der Waals surface area contributed by atoms with E-state index in [2.05, 4.69) is 88.8 Å². The Morgan fingerprint density at radius 3 is 1.84 bits per heavy atom. The number of hydrogen-bond donors (Lipinski definition) is 3. The lowest BCUT2D eigenvalue weighted by Crippen LogP contribution is -2.13. The average Bonchev–Trinajstić information content (AvgIpc) is 3.80. The molecule has 8 bridgehead atoms. The molecule has 45 heavy (non-hydrogen) atoms. The Labute approximate surface area is 263 Å². The van der Waals surface area contributed by atoms with Crippen LogP contribution < -0.4 is 0 Å². The van der Waals surface area contributed by atoms with Crippen LogP contribution in [0.4, 0.5) is 0 Å². The molecule has 0 radical (unpaired) electrons. The summed E-state index contributed by atoms with van der Waals surface area (Å²) in [7, 11) is -2.02. The summed E-state index contributed by atoms with van der Waals surface area (Å²) in [5.74, 6) is 0. The maximum Gasteiger partial charge on any atom is 0.294 e. The van der Waals surface area contributed by atoms with E-state index in [1.165, 1.54) is 17.2 Å². The summed E-state index contributed by atoms with van der Waals surface area (Å²) in [4.78, 5) is 18.7. The van der Waals surface area contributed by atoms with Crippen molar-refractivity contribution in [3.8, 4) is 0 Å². The van der Waals surface area contributed by atoms with Crippen molar-refractivity contribution in [2.45, 2.75) is 32.6 Å². The van der Waals surface area contributed by atoms with E-state index in [4.69, 9.17) is 14.5 Å². The number of likely N-dealkylation sites (N-methyl/N-ethyl adjacent to an activating group) is 1. The van der Waals surface area contributed by atoms with Crippen LogP contribution in [0.25, 0.3) is 51.9 Å². The smallest absolute Gasteiger partial charge is 0.294 e. The summed E-state index contributed by atoms with van der Waals surface area (Å²) in [6.45, 7) is 8.21. The van der Waals surface area contributed by atoms with E-state index in [9.17, 15) is 8.42 Å². The molecular formula is C36H35N5O3S. The number of benzene rings is 1. The molecule has 9 heteroatoms. The van der Waals surface area contributed by atoms with Crippen LogP contribution in [0.1, 0.15) is 50.6 Å². The Morgan fingerprint density at radius 1 is 0.711 bits per heavy atom. The first-order chi connectivity index (χ1) is 21.4. The van der Waals surface area contributed by atoms with Crippen molar-refractivity contribution < 1.29 is 13.0 Å². The largest absolute Gasteiger partial charge is 0.377 e. The second-order valence-corrected chi connectivity index (χ2v) is 12.9. The lowest BCUT2D eigenvalue weighted by atomic mass is 10.00. The highest BCUT2D eigenvalue weighted by Crippen LogP contribution is 2.27. The summed E-state index contributed by atoms with van der Waals surface area (Å²) >= 11 is 0. The summed E-state index contributed by atoms with van der Waals surface area (Å²) in [5.41, 5.74) is 13.7. The number of aromatic amines is 2. The molecule has 8 nitrogen and oxygen atoms in total. The number of hydrogen-bond acceptors (Lipinski definition) is 5. The molecule has 0 saturated heterocycles. The minimum atomic E-state index is -4.10. The van der Waals surface area contributed by atoms with Gasteiger partial charge in [0, 0.05) is 41.2 Å². The maximum absolute atomic E-state index is 11.0. The van der Waals surface area contributed by atoms with Gasteiger partial charge in [-0.1, -0.05) is 6.08 Å². The van der Waals surface area contributed by atoms with Crippen LogP contribution in [0.2, 0.25) is 0 Å². The van der Waals surface area contributed by atoms with Gasteiger partial charge in [0.25, 0.3) is 10.1 Å². The first-order valence-corrected chi connectivity index (χ1v) is 16.1. The molecular weight excluding hydrogens is 582 g/mol. The summed E-state index contributed by atoms with van der Waals surface area (Å²) < 4.78 is 31.0. The number of nitrogens with zero attached hydrogens (tertiary/aromatic N) is 3. The summed E-state index contributed by atoms with van der Waals surface area (Å²) in [5, 5.41) is 0. The highest BCUT2D eigenvalue weighted by atomic mass is 32.2. The van der Waals surface area contributed by atoms with Crippen molar-refractivity contribution in [2.75, 3.05) is 13.6 Å². The molecule has 0 fully saturated rings. The molecule has 3 N–H and O–H groups in total. The van der Waals surface area contributed by atoms with Crippen molar-refractivity contribution in [1.29, 1.82) is 0 Å². The number of nitrogens with one attached hydrogen (secondary N) is 2. The van der Waals surface area contributed by atoms with Crippen molar-refractivity contribution in [2.24, 2.45) is 0 Å². The van der Waals surface area contributed by atoms with Crippen LogP contribution in [0, 0.1) is 27.7 Å². The third-order valence-corrected chi connectivity index (χ3v) is 9.28. The summed E-state index contributed by atoms with van der Waals surface area (Å²) in [6.07, 6.45) is 14.7.